The fourth-order valence-electron chi connectivity index (χ4n) is 1.18. The average Bonchev–Trinajstić information content (AvgIpc) is 2.26. The van der Waals surface area contributed by atoms with Crippen molar-refractivity contribution in [1.82, 2.24) is 0 Å². The highest BCUT2D eigenvalue weighted by Gasteiger charge is 2.11. The lowest BCUT2D eigenvalue weighted by molar-refractivity contribution is -0.138. The lowest BCUT2D eigenvalue weighted by Crippen LogP contribution is -2.26. The van der Waals surface area contributed by atoms with E-state index in [2.05, 4.69) is 0 Å². The standard InChI is InChI=1S/C11H13NO3/c1-12(9-5-3-2-4-6-9)10(13)7-8-11(14)15/h2-6H,7-8H2,1H3,(H,14,15). The molecule has 0 saturated carbocycles. The topological polar surface area (TPSA) is 57.6 Å². The summed E-state index contributed by atoms with van der Waals surface area (Å²) in [4.78, 5) is 23.3. The first-order valence-corrected chi connectivity index (χ1v) is 4.64. The molecule has 0 saturated heterocycles. The maximum absolute atomic E-state index is 11.5. The molecule has 1 aromatic rings. The minimum absolute atomic E-state index is 0.0285. The third kappa shape index (κ3) is 3.42. The molecule has 1 aromatic carbocycles. The fourth-order valence-corrected chi connectivity index (χ4v) is 1.18. The van der Waals surface area contributed by atoms with E-state index in [9.17, 15) is 9.59 Å². The van der Waals surface area contributed by atoms with Crippen LogP contribution in [-0.4, -0.2) is 24.0 Å². The Hall–Kier alpha value is -1.84. The summed E-state index contributed by atoms with van der Waals surface area (Å²) in [5.74, 6) is -1.14. The Morgan fingerprint density at radius 1 is 1.20 bits per heavy atom. The third-order valence-corrected chi connectivity index (χ3v) is 2.07. The summed E-state index contributed by atoms with van der Waals surface area (Å²) in [6, 6.07) is 9.13. The maximum atomic E-state index is 11.5. The van der Waals surface area contributed by atoms with Gasteiger partial charge in [-0.3, -0.25) is 9.59 Å². The van der Waals surface area contributed by atoms with Gasteiger partial charge in [0.2, 0.25) is 5.91 Å². The third-order valence-electron chi connectivity index (χ3n) is 2.07. The predicted octanol–water partition coefficient (Wildman–Crippen LogP) is 1.51. The molecule has 4 nitrogen and oxygen atoms in total. The SMILES string of the molecule is CN(C(=O)CCC(=O)O)c1ccccc1. The van der Waals surface area contributed by atoms with Crippen molar-refractivity contribution in [3.63, 3.8) is 0 Å². The number of anilines is 1. The van der Waals surface area contributed by atoms with Gasteiger partial charge in [0.1, 0.15) is 0 Å². The van der Waals surface area contributed by atoms with Gasteiger partial charge >= 0.3 is 5.97 Å². The number of para-hydroxylation sites is 1. The Labute approximate surface area is 88.1 Å². The molecule has 0 aliphatic carbocycles. The Bertz CT molecular complexity index is 348. The van der Waals surface area contributed by atoms with E-state index in [1.165, 1.54) is 4.90 Å². The number of amides is 1. The van der Waals surface area contributed by atoms with Gasteiger partial charge in [0.15, 0.2) is 0 Å². The Kier molecular flexibility index (Phi) is 3.85. The zero-order valence-electron chi connectivity index (χ0n) is 8.51. The summed E-state index contributed by atoms with van der Waals surface area (Å²) in [6.45, 7) is 0. The Morgan fingerprint density at radius 2 is 1.80 bits per heavy atom. The van der Waals surface area contributed by atoms with Crippen molar-refractivity contribution >= 4 is 17.6 Å². The number of hydrogen-bond donors (Lipinski definition) is 1. The normalized spacial score (nSPS) is 9.67. The van der Waals surface area contributed by atoms with Crippen LogP contribution in [0.2, 0.25) is 0 Å². The van der Waals surface area contributed by atoms with E-state index in [-0.39, 0.29) is 18.7 Å². The van der Waals surface area contributed by atoms with Gasteiger partial charge in [-0.15, -0.1) is 0 Å². The van der Waals surface area contributed by atoms with Crippen LogP contribution in [0.25, 0.3) is 0 Å². The van der Waals surface area contributed by atoms with Gasteiger partial charge in [0.25, 0.3) is 0 Å². The van der Waals surface area contributed by atoms with Gasteiger partial charge in [0.05, 0.1) is 6.42 Å². The van der Waals surface area contributed by atoms with Crippen molar-refractivity contribution in [2.45, 2.75) is 12.8 Å². The van der Waals surface area contributed by atoms with Crippen molar-refractivity contribution in [3.05, 3.63) is 30.3 Å². The molecule has 0 unspecified atom stereocenters. The first-order valence-electron chi connectivity index (χ1n) is 4.64. The van der Waals surface area contributed by atoms with Crippen LogP contribution in [0.5, 0.6) is 0 Å². The summed E-state index contributed by atoms with van der Waals surface area (Å²) < 4.78 is 0. The lowest BCUT2D eigenvalue weighted by Gasteiger charge is -2.16. The molecular weight excluding hydrogens is 194 g/mol. The largest absolute Gasteiger partial charge is 0.481 e. The highest BCUT2D eigenvalue weighted by molar-refractivity contribution is 5.94. The Morgan fingerprint density at radius 3 is 2.33 bits per heavy atom. The smallest absolute Gasteiger partial charge is 0.303 e. The molecule has 0 radical (unpaired) electrons. The number of rotatable bonds is 4. The molecule has 0 spiro atoms. The zero-order valence-corrected chi connectivity index (χ0v) is 8.51. The molecule has 80 valence electrons. The van der Waals surface area contributed by atoms with Crippen molar-refractivity contribution < 1.29 is 14.7 Å². The average molecular weight is 207 g/mol. The highest BCUT2D eigenvalue weighted by atomic mass is 16.4. The van der Waals surface area contributed by atoms with E-state index in [0.717, 1.165) is 5.69 Å². The second-order valence-electron chi connectivity index (χ2n) is 3.18. The van der Waals surface area contributed by atoms with Crippen LogP contribution in [0.3, 0.4) is 0 Å². The summed E-state index contributed by atoms with van der Waals surface area (Å²) >= 11 is 0. The van der Waals surface area contributed by atoms with E-state index in [1.54, 1.807) is 19.2 Å². The highest BCUT2D eigenvalue weighted by Crippen LogP contribution is 2.12. The number of benzene rings is 1. The van der Waals surface area contributed by atoms with Crippen LogP contribution in [0.4, 0.5) is 5.69 Å². The molecule has 0 aliphatic rings. The summed E-state index contributed by atoms with van der Waals surface area (Å²) in [7, 11) is 1.64. The van der Waals surface area contributed by atoms with Crippen LogP contribution in [-0.2, 0) is 9.59 Å². The van der Waals surface area contributed by atoms with Gasteiger partial charge in [-0.2, -0.15) is 0 Å². The van der Waals surface area contributed by atoms with E-state index >= 15 is 0 Å². The molecule has 15 heavy (non-hydrogen) atoms. The van der Waals surface area contributed by atoms with Crippen molar-refractivity contribution in [2.24, 2.45) is 0 Å². The number of aliphatic carboxylic acids is 1. The van der Waals surface area contributed by atoms with E-state index in [4.69, 9.17) is 5.11 Å². The summed E-state index contributed by atoms with van der Waals surface area (Å²) in [5, 5.41) is 8.44. The molecule has 0 aromatic heterocycles. The van der Waals surface area contributed by atoms with Crippen LogP contribution in [0.1, 0.15) is 12.8 Å². The zero-order chi connectivity index (χ0) is 11.3. The number of carboxylic acids is 1. The predicted molar refractivity (Wildman–Crippen MR) is 56.7 cm³/mol. The quantitative estimate of drug-likeness (QED) is 0.814. The van der Waals surface area contributed by atoms with E-state index in [0.29, 0.717) is 0 Å². The summed E-state index contributed by atoms with van der Waals surface area (Å²) in [6.07, 6.45) is -0.100. The number of carboxylic acid groups (broad SMARTS) is 1. The van der Waals surface area contributed by atoms with Crippen molar-refractivity contribution in [2.75, 3.05) is 11.9 Å². The number of nitrogens with zero attached hydrogens (tertiary/aromatic N) is 1. The number of carbonyl (C=O) groups is 2. The molecule has 1 rings (SSSR count). The van der Waals surface area contributed by atoms with E-state index in [1.807, 2.05) is 18.2 Å². The van der Waals surface area contributed by atoms with Gasteiger partial charge in [0, 0.05) is 19.2 Å². The summed E-state index contributed by atoms with van der Waals surface area (Å²) in [5.41, 5.74) is 0.771. The molecule has 0 bridgehead atoms. The first kappa shape index (κ1) is 11.2. The van der Waals surface area contributed by atoms with Crippen LogP contribution in [0.15, 0.2) is 30.3 Å². The molecule has 0 atom stereocenters. The number of hydrogen-bond acceptors (Lipinski definition) is 2. The molecule has 4 heteroatoms. The number of carbonyl (C=O) groups excluding carboxylic acids is 1. The Balaban J connectivity index is 2.57. The second kappa shape index (κ2) is 5.14. The molecule has 1 N–H and O–H groups in total. The van der Waals surface area contributed by atoms with E-state index < -0.39 is 5.97 Å². The molecular formula is C11H13NO3. The lowest BCUT2D eigenvalue weighted by atomic mass is 10.2. The molecule has 0 fully saturated rings. The molecule has 0 heterocycles. The van der Waals surface area contributed by atoms with Crippen LogP contribution < -0.4 is 4.90 Å². The molecule has 1 amide bonds. The van der Waals surface area contributed by atoms with Crippen molar-refractivity contribution in [3.8, 4) is 0 Å². The van der Waals surface area contributed by atoms with Crippen LogP contribution in [0, 0.1) is 0 Å². The van der Waals surface area contributed by atoms with Gasteiger partial charge in [-0.25, -0.2) is 0 Å². The van der Waals surface area contributed by atoms with Crippen LogP contribution >= 0.6 is 0 Å². The molecule has 0 aliphatic heterocycles. The first-order chi connectivity index (χ1) is 7.11. The second-order valence-corrected chi connectivity index (χ2v) is 3.18. The van der Waals surface area contributed by atoms with Gasteiger partial charge in [-0.05, 0) is 12.1 Å². The fraction of sp³-hybridized carbons (Fsp3) is 0.273. The minimum Gasteiger partial charge on any atom is -0.481 e. The maximum Gasteiger partial charge on any atom is 0.303 e. The van der Waals surface area contributed by atoms with Gasteiger partial charge in [-0.1, -0.05) is 18.2 Å². The van der Waals surface area contributed by atoms with Gasteiger partial charge < -0.3 is 10.0 Å². The van der Waals surface area contributed by atoms with Crippen molar-refractivity contribution in [1.29, 1.82) is 0 Å². The monoisotopic (exact) mass is 207 g/mol. The minimum atomic E-state index is -0.954.